The van der Waals surface area contributed by atoms with Crippen molar-refractivity contribution >= 4 is 34.0 Å². The maximum absolute atomic E-state index is 13.0. The molecule has 9 heteroatoms. The lowest BCUT2D eigenvalue weighted by Crippen LogP contribution is -2.24. The number of carbonyl (C=O) groups excluding carboxylic acids is 2. The molecule has 0 unspecified atom stereocenters. The van der Waals surface area contributed by atoms with Gasteiger partial charge in [-0.25, -0.2) is 4.39 Å². The van der Waals surface area contributed by atoms with Crippen LogP contribution in [0.25, 0.3) is 0 Å². The second kappa shape index (κ2) is 7.96. The summed E-state index contributed by atoms with van der Waals surface area (Å²) in [4.78, 5) is 26.4. The van der Waals surface area contributed by atoms with Crippen LogP contribution in [0.1, 0.15) is 27.7 Å². The second-order valence-electron chi connectivity index (χ2n) is 6.51. The Bertz CT molecular complexity index is 1040. The quantitative estimate of drug-likeness (QED) is 0.694. The fourth-order valence-electron chi connectivity index (χ4n) is 3.11. The van der Waals surface area contributed by atoms with Gasteiger partial charge in [-0.15, -0.1) is 10.2 Å². The molecule has 1 aliphatic heterocycles. The predicted octanol–water partition coefficient (Wildman–Crippen LogP) is 3.46. The Morgan fingerprint density at radius 3 is 2.59 bits per heavy atom. The standard InChI is InChI=1S/C20H17FN4O3S/c1-28-16-8-6-15(7-9-16)25-11-13(10-17(25)26)19-23-24-20(29-19)22-18(27)12-2-4-14(21)5-3-12/h2-9,13H,10-11H2,1H3,(H,22,24,27)/t13-/m1/s1. The fraction of sp³-hybridized carbons (Fsp3) is 0.200. The second-order valence-corrected chi connectivity index (χ2v) is 7.52. The smallest absolute Gasteiger partial charge is 0.257 e. The Morgan fingerprint density at radius 2 is 1.90 bits per heavy atom. The Morgan fingerprint density at radius 1 is 1.17 bits per heavy atom. The number of anilines is 2. The van der Waals surface area contributed by atoms with Crippen molar-refractivity contribution in [1.29, 1.82) is 0 Å². The van der Waals surface area contributed by atoms with Gasteiger partial charge >= 0.3 is 0 Å². The molecule has 29 heavy (non-hydrogen) atoms. The molecule has 7 nitrogen and oxygen atoms in total. The van der Waals surface area contributed by atoms with Crippen LogP contribution < -0.4 is 15.0 Å². The molecule has 3 aromatic rings. The van der Waals surface area contributed by atoms with Gasteiger partial charge in [0.2, 0.25) is 11.0 Å². The Kier molecular flexibility index (Phi) is 5.22. The molecule has 0 bridgehead atoms. The van der Waals surface area contributed by atoms with E-state index in [1.165, 1.54) is 35.6 Å². The van der Waals surface area contributed by atoms with E-state index in [0.29, 0.717) is 28.7 Å². The highest BCUT2D eigenvalue weighted by atomic mass is 32.1. The van der Waals surface area contributed by atoms with Gasteiger partial charge in [-0.1, -0.05) is 11.3 Å². The molecule has 2 aromatic carbocycles. The number of halogens is 1. The van der Waals surface area contributed by atoms with Gasteiger partial charge < -0.3 is 9.64 Å². The summed E-state index contributed by atoms with van der Waals surface area (Å²) in [7, 11) is 1.59. The molecule has 148 valence electrons. The lowest BCUT2D eigenvalue weighted by Gasteiger charge is -2.16. The SMILES string of the molecule is COc1ccc(N2C[C@H](c3nnc(NC(=O)c4ccc(F)cc4)s3)CC2=O)cc1. The summed E-state index contributed by atoms with van der Waals surface area (Å²) in [6, 6.07) is 12.5. The highest BCUT2D eigenvalue weighted by Crippen LogP contribution is 2.34. The summed E-state index contributed by atoms with van der Waals surface area (Å²) in [6.45, 7) is 0.492. The number of rotatable bonds is 5. The first-order valence-electron chi connectivity index (χ1n) is 8.88. The van der Waals surface area contributed by atoms with Crippen LogP contribution in [-0.4, -0.2) is 35.7 Å². The van der Waals surface area contributed by atoms with Gasteiger partial charge in [0.05, 0.1) is 7.11 Å². The third-order valence-corrected chi connectivity index (χ3v) is 5.63. The van der Waals surface area contributed by atoms with Gasteiger partial charge in [-0.2, -0.15) is 0 Å². The molecular formula is C20H17FN4O3S. The number of aromatic nitrogens is 2. The van der Waals surface area contributed by atoms with E-state index in [0.717, 1.165) is 11.4 Å². The number of amides is 2. The van der Waals surface area contributed by atoms with Crippen LogP contribution in [0.15, 0.2) is 48.5 Å². The van der Waals surface area contributed by atoms with E-state index in [4.69, 9.17) is 4.74 Å². The molecule has 1 saturated heterocycles. The van der Waals surface area contributed by atoms with Crippen molar-refractivity contribution in [2.75, 3.05) is 23.9 Å². The van der Waals surface area contributed by atoms with Crippen molar-refractivity contribution < 1.29 is 18.7 Å². The monoisotopic (exact) mass is 412 g/mol. The van der Waals surface area contributed by atoms with Crippen LogP contribution in [0, 0.1) is 5.82 Å². The minimum Gasteiger partial charge on any atom is -0.497 e. The largest absolute Gasteiger partial charge is 0.497 e. The maximum Gasteiger partial charge on any atom is 0.257 e. The highest BCUT2D eigenvalue weighted by Gasteiger charge is 2.34. The van der Waals surface area contributed by atoms with E-state index >= 15 is 0 Å². The number of ether oxygens (including phenoxy) is 1. The van der Waals surface area contributed by atoms with E-state index in [1.54, 1.807) is 12.0 Å². The lowest BCUT2D eigenvalue weighted by molar-refractivity contribution is -0.117. The third kappa shape index (κ3) is 4.09. The molecule has 1 atom stereocenters. The molecule has 0 spiro atoms. The predicted molar refractivity (Wildman–Crippen MR) is 107 cm³/mol. The van der Waals surface area contributed by atoms with Crippen LogP contribution in [0.4, 0.5) is 15.2 Å². The molecule has 0 saturated carbocycles. The van der Waals surface area contributed by atoms with Crippen LogP contribution in [-0.2, 0) is 4.79 Å². The van der Waals surface area contributed by atoms with Crippen LogP contribution in [0.5, 0.6) is 5.75 Å². The summed E-state index contributed by atoms with van der Waals surface area (Å²) in [5.74, 6) is -0.171. The number of hydrogen-bond donors (Lipinski definition) is 1. The third-order valence-electron chi connectivity index (χ3n) is 4.63. The van der Waals surface area contributed by atoms with Crippen molar-refractivity contribution in [3.05, 3.63) is 64.9 Å². The van der Waals surface area contributed by atoms with E-state index in [1.807, 2.05) is 24.3 Å². The number of nitrogens with zero attached hydrogens (tertiary/aromatic N) is 3. The lowest BCUT2D eigenvalue weighted by atomic mass is 10.1. The van der Waals surface area contributed by atoms with E-state index in [-0.39, 0.29) is 11.8 Å². The van der Waals surface area contributed by atoms with Crippen molar-refractivity contribution in [2.24, 2.45) is 0 Å². The average molecular weight is 412 g/mol. The molecule has 2 amide bonds. The minimum absolute atomic E-state index is 0.00673. The molecule has 0 radical (unpaired) electrons. The summed E-state index contributed by atoms with van der Waals surface area (Å²) in [6.07, 6.45) is 0.326. The Balaban J connectivity index is 1.43. The van der Waals surface area contributed by atoms with Gasteiger partial charge in [0.25, 0.3) is 5.91 Å². The molecule has 1 fully saturated rings. The molecule has 1 aromatic heterocycles. The summed E-state index contributed by atoms with van der Waals surface area (Å²) in [5, 5.41) is 11.8. The molecule has 0 aliphatic carbocycles. The summed E-state index contributed by atoms with van der Waals surface area (Å²) < 4.78 is 18.1. The number of benzene rings is 2. The first-order valence-corrected chi connectivity index (χ1v) is 9.70. The Labute approximate surface area is 170 Å². The molecular weight excluding hydrogens is 395 g/mol. The first kappa shape index (κ1) is 19.0. The van der Waals surface area contributed by atoms with E-state index in [9.17, 15) is 14.0 Å². The van der Waals surface area contributed by atoms with E-state index in [2.05, 4.69) is 15.5 Å². The zero-order chi connectivity index (χ0) is 20.4. The normalized spacial score (nSPS) is 16.1. The zero-order valence-electron chi connectivity index (χ0n) is 15.5. The van der Waals surface area contributed by atoms with Crippen molar-refractivity contribution in [3.8, 4) is 5.75 Å². The average Bonchev–Trinajstić information content (AvgIpc) is 3.35. The van der Waals surface area contributed by atoms with Crippen molar-refractivity contribution in [2.45, 2.75) is 12.3 Å². The van der Waals surface area contributed by atoms with Gasteiger partial charge in [0.15, 0.2) is 0 Å². The summed E-state index contributed by atoms with van der Waals surface area (Å²) >= 11 is 1.23. The molecule has 1 N–H and O–H groups in total. The number of nitrogens with one attached hydrogen (secondary N) is 1. The number of carbonyl (C=O) groups is 2. The highest BCUT2D eigenvalue weighted by molar-refractivity contribution is 7.15. The van der Waals surface area contributed by atoms with Crippen molar-refractivity contribution in [1.82, 2.24) is 10.2 Å². The number of methoxy groups -OCH3 is 1. The van der Waals surface area contributed by atoms with Crippen LogP contribution in [0.3, 0.4) is 0 Å². The van der Waals surface area contributed by atoms with Gasteiger partial charge in [-0.05, 0) is 48.5 Å². The van der Waals surface area contributed by atoms with E-state index < -0.39 is 11.7 Å². The Hall–Kier alpha value is -3.33. The van der Waals surface area contributed by atoms with Gasteiger partial charge in [0.1, 0.15) is 16.6 Å². The van der Waals surface area contributed by atoms with Crippen LogP contribution in [0.2, 0.25) is 0 Å². The molecule has 1 aliphatic rings. The maximum atomic E-state index is 13.0. The molecule has 2 heterocycles. The number of hydrogen-bond acceptors (Lipinski definition) is 6. The zero-order valence-corrected chi connectivity index (χ0v) is 16.3. The summed E-state index contributed by atoms with van der Waals surface area (Å²) in [5.41, 5.74) is 1.12. The molecule has 4 rings (SSSR count). The van der Waals surface area contributed by atoms with Crippen molar-refractivity contribution in [3.63, 3.8) is 0 Å². The first-order chi connectivity index (χ1) is 14.0. The van der Waals surface area contributed by atoms with Gasteiger partial charge in [-0.3, -0.25) is 14.9 Å². The van der Waals surface area contributed by atoms with Crippen LogP contribution >= 0.6 is 11.3 Å². The minimum atomic E-state index is -0.410. The van der Waals surface area contributed by atoms with Gasteiger partial charge in [0, 0.05) is 30.1 Å². The fourth-order valence-corrected chi connectivity index (χ4v) is 3.93. The topological polar surface area (TPSA) is 84.4 Å².